The number of piperazine rings is 1. The molecule has 0 N–H and O–H groups in total. The number of para-hydroxylation sites is 2. The number of nitrogens with zero attached hydrogens (tertiary/aromatic N) is 2. The number of unbranched alkanes of at least 4 members (excludes halogenated alkanes) is 1. The van der Waals surface area contributed by atoms with Gasteiger partial charge in [-0.3, -0.25) is 4.90 Å². The van der Waals surface area contributed by atoms with Crippen LogP contribution < -0.4 is 9.64 Å². The van der Waals surface area contributed by atoms with Crippen LogP contribution in [0.2, 0.25) is 0 Å². The summed E-state index contributed by atoms with van der Waals surface area (Å²) in [7, 11) is 1.76. The fourth-order valence-electron chi connectivity index (χ4n) is 3.50. The Morgan fingerprint density at radius 1 is 1.00 bits per heavy atom. The molecule has 0 spiro atoms. The van der Waals surface area contributed by atoms with Gasteiger partial charge in [0.2, 0.25) is 0 Å². The largest absolute Gasteiger partial charge is 0.495 e. The van der Waals surface area contributed by atoms with E-state index in [9.17, 15) is 0 Å². The normalized spacial score (nSPS) is 17.5. The van der Waals surface area contributed by atoms with Gasteiger partial charge in [-0.15, -0.1) is 0 Å². The highest BCUT2D eigenvalue weighted by Gasteiger charge is 2.24. The maximum Gasteiger partial charge on any atom is 0.142 e. The van der Waals surface area contributed by atoms with E-state index in [-0.39, 0.29) is 0 Å². The number of anilines is 1. The van der Waals surface area contributed by atoms with Gasteiger partial charge in [-0.05, 0) is 25.0 Å². The summed E-state index contributed by atoms with van der Waals surface area (Å²) in [5.41, 5.74) is 1.24. The van der Waals surface area contributed by atoms with Gasteiger partial charge < -0.3 is 9.64 Å². The molecular weight excluding hydrogens is 272 g/mol. The highest BCUT2D eigenvalue weighted by Crippen LogP contribution is 2.29. The summed E-state index contributed by atoms with van der Waals surface area (Å²) in [5.74, 6) is 0.993. The third-order valence-corrected chi connectivity index (χ3v) is 4.77. The predicted octanol–water partition coefficient (Wildman–Crippen LogP) is 4.18. The van der Waals surface area contributed by atoms with Crippen molar-refractivity contribution in [2.24, 2.45) is 0 Å². The van der Waals surface area contributed by atoms with E-state index < -0.39 is 0 Å². The summed E-state index contributed by atoms with van der Waals surface area (Å²) < 4.78 is 5.51. The Morgan fingerprint density at radius 2 is 1.73 bits per heavy atom. The maximum absolute atomic E-state index is 5.51. The van der Waals surface area contributed by atoms with Crippen LogP contribution in [0.25, 0.3) is 0 Å². The second kappa shape index (κ2) is 9.04. The molecule has 2 rings (SSSR count). The van der Waals surface area contributed by atoms with Crippen molar-refractivity contribution in [2.45, 2.75) is 52.0 Å². The lowest BCUT2D eigenvalue weighted by Crippen LogP contribution is -2.50. The van der Waals surface area contributed by atoms with Crippen molar-refractivity contribution in [3.05, 3.63) is 24.3 Å². The van der Waals surface area contributed by atoms with Gasteiger partial charge in [0.15, 0.2) is 0 Å². The first-order chi connectivity index (χ1) is 10.8. The van der Waals surface area contributed by atoms with Crippen molar-refractivity contribution in [1.82, 2.24) is 4.90 Å². The number of hydrogen-bond donors (Lipinski definition) is 0. The Labute approximate surface area is 136 Å². The average molecular weight is 304 g/mol. The lowest BCUT2D eigenvalue weighted by atomic mass is 10.0. The molecule has 1 atom stereocenters. The summed E-state index contributed by atoms with van der Waals surface area (Å²) >= 11 is 0. The highest BCUT2D eigenvalue weighted by atomic mass is 16.5. The average Bonchev–Trinajstić information content (AvgIpc) is 2.59. The molecule has 0 radical (unpaired) electrons. The molecule has 0 aliphatic carbocycles. The highest BCUT2D eigenvalue weighted by molar-refractivity contribution is 5.58. The molecule has 1 unspecified atom stereocenters. The van der Waals surface area contributed by atoms with Crippen LogP contribution in [0.1, 0.15) is 46.0 Å². The van der Waals surface area contributed by atoms with Crippen LogP contribution in [0.15, 0.2) is 24.3 Å². The molecule has 0 amide bonds. The summed E-state index contributed by atoms with van der Waals surface area (Å²) in [4.78, 5) is 5.18. The van der Waals surface area contributed by atoms with E-state index in [0.717, 1.165) is 24.9 Å². The maximum atomic E-state index is 5.51. The molecule has 1 aliphatic heterocycles. The number of benzene rings is 1. The Morgan fingerprint density at radius 3 is 2.36 bits per heavy atom. The van der Waals surface area contributed by atoms with Crippen LogP contribution in [-0.4, -0.2) is 44.2 Å². The fraction of sp³-hybridized carbons (Fsp3) is 0.684. The summed E-state index contributed by atoms with van der Waals surface area (Å²) in [5, 5.41) is 0. The zero-order valence-electron chi connectivity index (χ0n) is 14.6. The van der Waals surface area contributed by atoms with Crippen LogP contribution in [0.3, 0.4) is 0 Å². The van der Waals surface area contributed by atoms with Crippen molar-refractivity contribution < 1.29 is 4.74 Å². The quantitative estimate of drug-likeness (QED) is 0.716. The van der Waals surface area contributed by atoms with Crippen LogP contribution in [-0.2, 0) is 0 Å². The molecule has 0 aromatic heterocycles. The Bertz CT molecular complexity index is 427. The molecular formula is C19H32N2O. The summed E-state index contributed by atoms with van der Waals surface area (Å²) in [6, 6.07) is 9.16. The molecule has 1 fully saturated rings. The standard InChI is InChI=1S/C19H32N2O/c1-4-6-10-17(9-5-2)20-13-15-21(16-14-20)18-11-7-8-12-19(18)22-3/h7-8,11-12,17H,4-6,9-10,13-16H2,1-3H3. The zero-order valence-corrected chi connectivity index (χ0v) is 14.6. The molecule has 3 heteroatoms. The minimum Gasteiger partial charge on any atom is -0.495 e. The van der Waals surface area contributed by atoms with Crippen molar-refractivity contribution in [2.75, 3.05) is 38.2 Å². The van der Waals surface area contributed by atoms with Gasteiger partial charge in [0.1, 0.15) is 5.75 Å². The van der Waals surface area contributed by atoms with Gasteiger partial charge in [0.05, 0.1) is 12.8 Å². The smallest absolute Gasteiger partial charge is 0.142 e. The molecule has 3 nitrogen and oxygen atoms in total. The SMILES string of the molecule is CCCCC(CCC)N1CCN(c2ccccc2OC)CC1. The van der Waals surface area contributed by atoms with Crippen molar-refractivity contribution in [1.29, 1.82) is 0 Å². The van der Waals surface area contributed by atoms with Crippen molar-refractivity contribution in [3.8, 4) is 5.75 Å². The zero-order chi connectivity index (χ0) is 15.8. The first-order valence-corrected chi connectivity index (χ1v) is 8.92. The predicted molar refractivity (Wildman–Crippen MR) is 95.0 cm³/mol. The second-order valence-electron chi connectivity index (χ2n) is 6.28. The molecule has 124 valence electrons. The van der Waals surface area contributed by atoms with Crippen molar-refractivity contribution in [3.63, 3.8) is 0 Å². The third-order valence-electron chi connectivity index (χ3n) is 4.77. The van der Waals surface area contributed by atoms with Crippen LogP contribution in [0.4, 0.5) is 5.69 Å². The minimum atomic E-state index is 0.782. The van der Waals surface area contributed by atoms with E-state index in [1.54, 1.807) is 7.11 Å². The van der Waals surface area contributed by atoms with E-state index in [1.165, 1.54) is 50.9 Å². The summed E-state index contributed by atoms with van der Waals surface area (Å²) in [6.07, 6.45) is 6.66. The number of hydrogen-bond acceptors (Lipinski definition) is 3. The third kappa shape index (κ3) is 4.39. The molecule has 0 bridgehead atoms. The van der Waals surface area contributed by atoms with Crippen LogP contribution >= 0.6 is 0 Å². The molecule has 22 heavy (non-hydrogen) atoms. The van der Waals surface area contributed by atoms with Gasteiger partial charge in [-0.2, -0.15) is 0 Å². The fourth-order valence-corrected chi connectivity index (χ4v) is 3.50. The first kappa shape index (κ1) is 17.1. The van der Waals surface area contributed by atoms with Gasteiger partial charge in [0.25, 0.3) is 0 Å². The Balaban J connectivity index is 1.93. The second-order valence-corrected chi connectivity index (χ2v) is 6.28. The molecule has 0 saturated carbocycles. The number of ether oxygens (including phenoxy) is 1. The Hall–Kier alpha value is -1.22. The number of methoxy groups -OCH3 is 1. The molecule has 1 heterocycles. The molecule has 1 saturated heterocycles. The van der Waals surface area contributed by atoms with E-state index >= 15 is 0 Å². The van der Waals surface area contributed by atoms with Crippen molar-refractivity contribution >= 4 is 5.69 Å². The topological polar surface area (TPSA) is 15.7 Å². The van der Waals surface area contributed by atoms with E-state index in [0.29, 0.717) is 0 Å². The van der Waals surface area contributed by atoms with Gasteiger partial charge in [-0.25, -0.2) is 0 Å². The van der Waals surface area contributed by atoms with E-state index in [2.05, 4.69) is 41.8 Å². The van der Waals surface area contributed by atoms with Crippen LogP contribution in [0.5, 0.6) is 5.75 Å². The monoisotopic (exact) mass is 304 g/mol. The van der Waals surface area contributed by atoms with Gasteiger partial charge >= 0.3 is 0 Å². The Kier molecular flexibility index (Phi) is 7.04. The first-order valence-electron chi connectivity index (χ1n) is 8.92. The van der Waals surface area contributed by atoms with Gasteiger partial charge in [0, 0.05) is 32.2 Å². The summed E-state index contributed by atoms with van der Waals surface area (Å²) in [6.45, 7) is 9.16. The van der Waals surface area contributed by atoms with Crippen LogP contribution in [0, 0.1) is 0 Å². The molecule has 1 aromatic rings. The van der Waals surface area contributed by atoms with Gasteiger partial charge in [-0.1, -0.05) is 45.2 Å². The van der Waals surface area contributed by atoms with E-state index in [4.69, 9.17) is 4.74 Å². The molecule has 1 aliphatic rings. The van der Waals surface area contributed by atoms with E-state index in [1.807, 2.05) is 6.07 Å². The number of rotatable bonds is 8. The lowest BCUT2D eigenvalue weighted by molar-refractivity contribution is 0.164. The lowest BCUT2D eigenvalue weighted by Gasteiger charge is -2.40. The molecule has 1 aromatic carbocycles. The minimum absolute atomic E-state index is 0.782.